The summed E-state index contributed by atoms with van der Waals surface area (Å²) in [5.41, 5.74) is 0. The van der Waals surface area contributed by atoms with Crippen molar-refractivity contribution in [2.75, 3.05) is 13.1 Å². The van der Waals surface area contributed by atoms with Crippen LogP contribution < -0.4 is 4.74 Å². The lowest BCUT2D eigenvalue weighted by molar-refractivity contribution is -0.000144. The summed E-state index contributed by atoms with van der Waals surface area (Å²) in [6.07, 6.45) is 0.0450. The Morgan fingerprint density at radius 1 is 1.19 bits per heavy atom. The van der Waals surface area contributed by atoms with Crippen molar-refractivity contribution in [2.24, 2.45) is 0 Å². The molecular formula is C12H15F2NO. The standard InChI is InChI=1S/C12H15F2NO/c1-8(2)15-6-12(7-15)16-11-4-9(13)3-10(14)5-11/h3-5,8,12H,6-7H2,1-2H3. The molecule has 16 heavy (non-hydrogen) atoms. The number of halogens is 2. The van der Waals surface area contributed by atoms with E-state index in [4.69, 9.17) is 4.74 Å². The van der Waals surface area contributed by atoms with E-state index in [1.165, 1.54) is 12.1 Å². The fourth-order valence-electron chi connectivity index (χ4n) is 1.75. The lowest BCUT2D eigenvalue weighted by atomic mass is 10.1. The van der Waals surface area contributed by atoms with Crippen molar-refractivity contribution in [2.45, 2.75) is 26.0 Å². The lowest BCUT2D eigenvalue weighted by Gasteiger charge is -2.41. The van der Waals surface area contributed by atoms with Crippen molar-refractivity contribution in [1.82, 2.24) is 4.90 Å². The Labute approximate surface area is 93.8 Å². The average molecular weight is 227 g/mol. The monoisotopic (exact) mass is 227 g/mol. The molecule has 1 saturated heterocycles. The van der Waals surface area contributed by atoms with Gasteiger partial charge in [-0.3, -0.25) is 4.90 Å². The molecule has 1 aromatic carbocycles. The molecule has 0 spiro atoms. The molecule has 0 bridgehead atoms. The maximum atomic E-state index is 12.9. The Balaban J connectivity index is 1.91. The molecule has 88 valence electrons. The second-order valence-electron chi connectivity index (χ2n) is 4.39. The molecule has 0 saturated carbocycles. The topological polar surface area (TPSA) is 12.5 Å². The quantitative estimate of drug-likeness (QED) is 0.786. The second-order valence-corrected chi connectivity index (χ2v) is 4.39. The van der Waals surface area contributed by atoms with Gasteiger partial charge in [0, 0.05) is 37.3 Å². The molecule has 0 aromatic heterocycles. The first kappa shape index (κ1) is 11.3. The number of likely N-dealkylation sites (tertiary alicyclic amines) is 1. The van der Waals surface area contributed by atoms with Crippen LogP contribution in [0.5, 0.6) is 5.75 Å². The highest BCUT2D eigenvalue weighted by Crippen LogP contribution is 2.21. The average Bonchev–Trinajstić information content (AvgIpc) is 2.08. The third-order valence-electron chi connectivity index (χ3n) is 2.75. The van der Waals surface area contributed by atoms with Gasteiger partial charge < -0.3 is 4.74 Å². The number of ether oxygens (including phenoxy) is 1. The molecule has 1 fully saturated rings. The van der Waals surface area contributed by atoms with Crippen molar-refractivity contribution in [1.29, 1.82) is 0 Å². The smallest absolute Gasteiger partial charge is 0.129 e. The summed E-state index contributed by atoms with van der Waals surface area (Å²) >= 11 is 0. The van der Waals surface area contributed by atoms with E-state index in [9.17, 15) is 8.78 Å². The summed E-state index contributed by atoms with van der Waals surface area (Å²) in [5.74, 6) is -0.934. The molecule has 2 nitrogen and oxygen atoms in total. The summed E-state index contributed by atoms with van der Waals surface area (Å²) in [7, 11) is 0. The van der Waals surface area contributed by atoms with Gasteiger partial charge in [-0.2, -0.15) is 0 Å². The summed E-state index contributed by atoms with van der Waals surface area (Å²) in [4.78, 5) is 2.24. The first-order valence-electron chi connectivity index (χ1n) is 5.41. The molecule has 1 heterocycles. The van der Waals surface area contributed by atoms with Crippen molar-refractivity contribution in [3.63, 3.8) is 0 Å². The van der Waals surface area contributed by atoms with Gasteiger partial charge in [-0.15, -0.1) is 0 Å². The minimum absolute atomic E-state index is 0.0450. The first-order chi connectivity index (χ1) is 7.54. The van der Waals surface area contributed by atoms with Gasteiger partial charge in [0.2, 0.25) is 0 Å². The highest BCUT2D eigenvalue weighted by Gasteiger charge is 2.30. The van der Waals surface area contributed by atoms with Gasteiger partial charge in [-0.1, -0.05) is 0 Å². The maximum Gasteiger partial charge on any atom is 0.129 e. The molecule has 0 aliphatic carbocycles. The number of nitrogens with zero attached hydrogens (tertiary/aromatic N) is 1. The van der Waals surface area contributed by atoms with Crippen LogP contribution in [0.2, 0.25) is 0 Å². The zero-order valence-corrected chi connectivity index (χ0v) is 9.41. The van der Waals surface area contributed by atoms with Crippen molar-refractivity contribution in [3.8, 4) is 5.75 Å². The minimum atomic E-state index is -0.602. The number of rotatable bonds is 3. The van der Waals surface area contributed by atoms with E-state index in [0.29, 0.717) is 6.04 Å². The van der Waals surface area contributed by atoms with E-state index in [2.05, 4.69) is 18.7 Å². The van der Waals surface area contributed by atoms with Crippen LogP contribution in [0.1, 0.15) is 13.8 Å². The SMILES string of the molecule is CC(C)N1CC(Oc2cc(F)cc(F)c2)C1. The molecule has 0 radical (unpaired) electrons. The van der Waals surface area contributed by atoms with Crippen LogP contribution in [0.3, 0.4) is 0 Å². The van der Waals surface area contributed by atoms with Crippen molar-refractivity contribution < 1.29 is 13.5 Å². The highest BCUT2D eigenvalue weighted by molar-refractivity contribution is 5.24. The van der Waals surface area contributed by atoms with Gasteiger partial charge >= 0.3 is 0 Å². The summed E-state index contributed by atoms with van der Waals surface area (Å²) in [6.45, 7) is 5.85. The zero-order chi connectivity index (χ0) is 11.7. The fourth-order valence-corrected chi connectivity index (χ4v) is 1.75. The van der Waals surface area contributed by atoms with Crippen LogP contribution in [0.15, 0.2) is 18.2 Å². The number of hydrogen-bond donors (Lipinski definition) is 0. The number of hydrogen-bond acceptors (Lipinski definition) is 2. The maximum absolute atomic E-state index is 12.9. The predicted molar refractivity (Wildman–Crippen MR) is 57.5 cm³/mol. The van der Waals surface area contributed by atoms with Crippen molar-refractivity contribution in [3.05, 3.63) is 29.8 Å². The number of benzene rings is 1. The predicted octanol–water partition coefficient (Wildman–Crippen LogP) is 2.44. The highest BCUT2D eigenvalue weighted by atomic mass is 19.1. The van der Waals surface area contributed by atoms with E-state index in [-0.39, 0.29) is 11.9 Å². The molecule has 4 heteroatoms. The normalized spacial score (nSPS) is 17.6. The Kier molecular flexibility index (Phi) is 3.10. The summed E-state index contributed by atoms with van der Waals surface area (Å²) in [5, 5.41) is 0. The van der Waals surface area contributed by atoms with Gasteiger partial charge in [-0.05, 0) is 13.8 Å². The summed E-state index contributed by atoms with van der Waals surface area (Å²) < 4.78 is 31.2. The third kappa shape index (κ3) is 2.50. The van der Waals surface area contributed by atoms with Gasteiger partial charge in [0.15, 0.2) is 0 Å². The Morgan fingerprint density at radius 3 is 2.25 bits per heavy atom. The first-order valence-corrected chi connectivity index (χ1v) is 5.41. The second kappa shape index (κ2) is 4.37. The lowest BCUT2D eigenvalue weighted by Crippen LogP contribution is -2.56. The minimum Gasteiger partial charge on any atom is -0.488 e. The molecule has 1 aliphatic heterocycles. The molecule has 0 atom stereocenters. The van der Waals surface area contributed by atoms with Crippen molar-refractivity contribution >= 4 is 0 Å². The van der Waals surface area contributed by atoms with E-state index >= 15 is 0 Å². The molecule has 0 unspecified atom stereocenters. The molecule has 1 aromatic rings. The van der Waals surface area contributed by atoms with Gasteiger partial charge in [-0.25, -0.2) is 8.78 Å². The Bertz CT molecular complexity index is 355. The third-order valence-corrected chi connectivity index (χ3v) is 2.75. The van der Waals surface area contributed by atoms with E-state index in [1.54, 1.807) is 0 Å². The van der Waals surface area contributed by atoms with Crippen LogP contribution in [0.4, 0.5) is 8.78 Å². The largest absolute Gasteiger partial charge is 0.488 e. The zero-order valence-electron chi connectivity index (χ0n) is 9.41. The Morgan fingerprint density at radius 2 is 1.75 bits per heavy atom. The molecule has 0 N–H and O–H groups in total. The van der Waals surface area contributed by atoms with Crippen LogP contribution in [-0.2, 0) is 0 Å². The fraction of sp³-hybridized carbons (Fsp3) is 0.500. The molecule has 2 rings (SSSR count). The molecule has 1 aliphatic rings. The molecule has 0 amide bonds. The van der Waals surface area contributed by atoms with Crippen LogP contribution in [0, 0.1) is 11.6 Å². The van der Waals surface area contributed by atoms with E-state index in [1.807, 2.05) is 0 Å². The van der Waals surface area contributed by atoms with Gasteiger partial charge in [0.25, 0.3) is 0 Å². The molecular weight excluding hydrogens is 212 g/mol. The van der Waals surface area contributed by atoms with E-state index < -0.39 is 11.6 Å². The van der Waals surface area contributed by atoms with Crippen LogP contribution >= 0.6 is 0 Å². The van der Waals surface area contributed by atoms with Gasteiger partial charge in [0.1, 0.15) is 23.5 Å². The van der Waals surface area contributed by atoms with Crippen LogP contribution in [-0.4, -0.2) is 30.1 Å². The Hall–Kier alpha value is -1.16. The van der Waals surface area contributed by atoms with Gasteiger partial charge in [0.05, 0.1) is 0 Å². The van der Waals surface area contributed by atoms with E-state index in [0.717, 1.165) is 19.2 Å². The van der Waals surface area contributed by atoms with Crippen LogP contribution in [0.25, 0.3) is 0 Å². The summed E-state index contributed by atoms with van der Waals surface area (Å²) in [6, 6.07) is 3.75.